The van der Waals surface area contributed by atoms with Crippen molar-refractivity contribution < 1.29 is 33.6 Å². The third-order valence-electron chi connectivity index (χ3n) is 5.34. The van der Waals surface area contributed by atoms with Gasteiger partial charge in [0.1, 0.15) is 12.4 Å². The summed E-state index contributed by atoms with van der Waals surface area (Å²) in [5.74, 6) is 0.503. The fourth-order valence-corrected chi connectivity index (χ4v) is 4.29. The van der Waals surface area contributed by atoms with E-state index in [4.69, 9.17) is 42.1 Å². The zero-order valence-corrected chi connectivity index (χ0v) is 22.6. The maximum absolute atomic E-state index is 12.4. The number of nitrogens with zero attached hydrogens (tertiary/aromatic N) is 1. The first-order chi connectivity index (χ1) is 18.2. The maximum Gasteiger partial charge on any atom is 0.337 e. The SMILES string of the molecule is CCOc1cc([C@H]2NC(=O)NC(C)=C2C(=O)OC)ccc1OC[C@H](O)N/N=C/c1cc(Cl)cc(Cl)c1OC. The topological polar surface area (TPSA) is 140 Å². The van der Waals surface area contributed by atoms with E-state index in [-0.39, 0.29) is 12.2 Å². The van der Waals surface area contributed by atoms with Gasteiger partial charge in [-0.15, -0.1) is 0 Å². The molecule has 3 rings (SSSR count). The molecule has 2 aromatic rings. The Kier molecular flexibility index (Phi) is 10.1. The second-order valence-electron chi connectivity index (χ2n) is 7.93. The van der Waals surface area contributed by atoms with Crippen molar-refractivity contribution in [3.8, 4) is 17.2 Å². The lowest BCUT2D eigenvalue weighted by Gasteiger charge is -2.28. The Morgan fingerprint density at radius 3 is 2.66 bits per heavy atom. The molecule has 0 bridgehead atoms. The van der Waals surface area contributed by atoms with Crippen molar-refractivity contribution >= 4 is 41.4 Å². The number of benzene rings is 2. The smallest absolute Gasteiger partial charge is 0.337 e. The Labute approximate surface area is 229 Å². The summed E-state index contributed by atoms with van der Waals surface area (Å²) in [6, 6.07) is 6.89. The highest BCUT2D eigenvalue weighted by Crippen LogP contribution is 2.35. The lowest BCUT2D eigenvalue weighted by Crippen LogP contribution is -2.45. The first-order valence-electron chi connectivity index (χ1n) is 11.4. The molecule has 0 aromatic heterocycles. The monoisotopic (exact) mass is 566 g/mol. The number of halogens is 2. The molecule has 0 spiro atoms. The summed E-state index contributed by atoms with van der Waals surface area (Å²) in [5.41, 5.74) is 4.28. The number of hydrogen-bond acceptors (Lipinski definition) is 9. The number of carbonyl (C=O) groups excluding carboxylic acids is 2. The number of amides is 2. The summed E-state index contributed by atoms with van der Waals surface area (Å²) in [4.78, 5) is 24.5. The zero-order valence-electron chi connectivity index (χ0n) is 21.1. The standard InChI is InChI=1S/C25H28Cl2N4O7/c1-5-37-19-9-14(22-21(24(33)36-4)13(2)29-25(34)30-22)6-7-18(19)38-12-20(32)31-28-11-15-8-16(26)10-17(27)23(15)35-3/h6-11,20,22,31-32H,5,12H2,1-4H3,(H2,29,30,34)/b28-11+/t20-,22+/m0/s1. The van der Waals surface area contributed by atoms with E-state index in [0.717, 1.165) is 0 Å². The Bertz CT molecular complexity index is 1250. The van der Waals surface area contributed by atoms with Crippen molar-refractivity contribution in [1.29, 1.82) is 0 Å². The van der Waals surface area contributed by atoms with Crippen molar-refractivity contribution in [3.05, 3.63) is 62.8 Å². The van der Waals surface area contributed by atoms with Crippen molar-refractivity contribution in [2.24, 2.45) is 5.10 Å². The molecule has 0 saturated heterocycles. The van der Waals surface area contributed by atoms with Gasteiger partial charge in [0.25, 0.3) is 0 Å². The van der Waals surface area contributed by atoms with Crippen LogP contribution in [0.4, 0.5) is 4.79 Å². The zero-order chi connectivity index (χ0) is 27.8. The summed E-state index contributed by atoms with van der Waals surface area (Å²) in [6.07, 6.45) is 0.225. The van der Waals surface area contributed by atoms with E-state index in [2.05, 4.69) is 21.2 Å². The van der Waals surface area contributed by atoms with Crippen LogP contribution in [0.2, 0.25) is 10.0 Å². The van der Waals surface area contributed by atoms with Gasteiger partial charge in [0.05, 0.1) is 43.7 Å². The average molecular weight is 567 g/mol. The number of carbonyl (C=O) groups is 2. The number of allylic oxidation sites excluding steroid dienone is 1. The fraction of sp³-hybridized carbons (Fsp3) is 0.320. The summed E-state index contributed by atoms with van der Waals surface area (Å²) < 4.78 is 21.6. The molecule has 0 fully saturated rings. The number of urea groups is 1. The third-order valence-corrected chi connectivity index (χ3v) is 5.84. The van der Waals surface area contributed by atoms with Crippen LogP contribution in [0.3, 0.4) is 0 Å². The van der Waals surface area contributed by atoms with Crippen molar-refractivity contribution in [2.45, 2.75) is 26.1 Å². The van der Waals surface area contributed by atoms with Crippen LogP contribution in [-0.4, -0.2) is 57.0 Å². The van der Waals surface area contributed by atoms with Gasteiger partial charge in [-0.1, -0.05) is 29.3 Å². The first kappa shape index (κ1) is 28.9. The molecule has 4 N–H and O–H groups in total. The van der Waals surface area contributed by atoms with Crippen LogP contribution < -0.4 is 30.3 Å². The molecular formula is C25H28Cl2N4O7. The highest BCUT2D eigenvalue weighted by molar-refractivity contribution is 6.36. The van der Waals surface area contributed by atoms with Gasteiger partial charge >= 0.3 is 12.0 Å². The van der Waals surface area contributed by atoms with Gasteiger partial charge in [0, 0.05) is 16.3 Å². The van der Waals surface area contributed by atoms with Gasteiger partial charge in [0.2, 0.25) is 0 Å². The molecule has 2 amide bonds. The van der Waals surface area contributed by atoms with Crippen molar-refractivity contribution in [2.75, 3.05) is 27.4 Å². The van der Waals surface area contributed by atoms with E-state index in [1.54, 1.807) is 44.2 Å². The van der Waals surface area contributed by atoms with Crippen molar-refractivity contribution in [3.63, 3.8) is 0 Å². The van der Waals surface area contributed by atoms with Gasteiger partial charge in [0.15, 0.2) is 17.7 Å². The predicted molar refractivity (Wildman–Crippen MR) is 142 cm³/mol. The Morgan fingerprint density at radius 1 is 1.21 bits per heavy atom. The number of rotatable bonds is 11. The molecule has 1 heterocycles. The van der Waals surface area contributed by atoms with Crippen molar-refractivity contribution in [1.82, 2.24) is 16.1 Å². The van der Waals surface area contributed by atoms with Crippen LogP contribution in [0.5, 0.6) is 17.2 Å². The van der Waals surface area contributed by atoms with E-state index in [1.165, 1.54) is 20.4 Å². The Balaban J connectivity index is 1.72. The van der Waals surface area contributed by atoms with E-state index in [0.29, 0.717) is 50.7 Å². The van der Waals surface area contributed by atoms with Gasteiger partial charge in [-0.3, -0.25) is 5.43 Å². The normalized spacial score (nSPS) is 16.0. The largest absolute Gasteiger partial charge is 0.495 e. The molecule has 13 heteroatoms. The predicted octanol–water partition coefficient (Wildman–Crippen LogP) is 3.52. The number of aliphatic hydroxyl groups is 1. The molecule has 2 atom stereocenters. The number of hydrogen-bond donors (Lipinski definition) is 4. The number of nitrogens with one attached hydrogen (secondary N) is 3. The van der Waals surface area contributed by atoms with Crippen LogP contribution in [-0.2, 0) is 9.53 Å². The molecule has 0 aliphatic carbocycles. The highest BCUT2D eigenvalue weighted by atomic mass is 35.5. The quantitative estimate of drug-likeness (QED) is 0.140. The minimum Gasteiger partial charge on any atom is -0.495 e. The number of hydrazone groups is 1. The summed E-state index contributed by atoms with van der Waals surface area (Å²) in [7, 11) is 2.74. The Morgan fingerprint density at radius 2 is 1.97 bits per heavy atom. The van der Waals surface area contributed by atoms with Gasteiger partial charge in [-0.2, -0.15) is 5.10 Å². The van der Waals surface area contributed by atoms with Gasteiger partial charge in [-0.25, -0.2) is 9.59 Å². The van der Waals surface area contributed by atoms with Gasteiger partial charge in [-0.05, 0) is 43.7 Å². The molecule has 1 aliphatic rings. The molecule has 11 nitrogen and oxygen atoms in total. The third kappa shape index (κ3) is 7.00. The molecule has 0 radical (unpaired) electrons. The molecule has 1 aliphatic heterocycles. The summed E-state index contributed by atoms with van der Waals surface area (Å²) in [6.45, 7) is 3.56. The average Bonchev–Trinajstić information content (AvgIpc) is 2.87. The molecular weight excluding hydrogens is 539 g/mol. The number of methoxy groups -OCH3 is 2. The number of ether oxygens (including phenoxy) is 4. The second kappa shape index (κ2) is 13.2. The molecule has 0 saturated carbocycles. The highest BCUT2D eigenvalue weighted by Gasteiger charge is 2.32. The molecule has 2 aromatic carbocycles. The van der Waals surface area contributed by atoms with E-state index in [1.807, 2.05) is 0 Å². The van der Waals surface area contributed by atoms with Crippen LogP contribution in [0.25, 0.3) is 0 Å². The van der Waals surface area contributed by atoms with E-state index in [9.17, 15) is 14.7 Å². The lowest BCUT2D eigenvalue weighted by atomic mass is 9.95. The minimum atomic E-state index is -1.18. The number of esters is 1. The maximum atomic E-state index is 12.4. The molecule has 0 unspecified atom stereocenters. The van der Waals surface area contributed by atoms with Crippen LogP contribution in [0, 0.1) is 0 Å². The molecule has 204 valence electrons. The Hall–Kier alpha value is -3.67. The second-order valence-corrected chi connectivity index (χ2v) is 8.77. The van der Waals surface area contributed by atoms with Crippen LogP contribution in [0.15, 0.2) is 46.7 Å². The summed E-state index contributed by atoms with van der Waals surface area (Å²) in [5, 5.41) is 20.3. The van der Waals surface area contributed by atoms with E-state index >= 15 is 0 Å². The van der Waals surface area contributed by atoms with Gasteiger partial charge < -0.3 is 34.7 Å². The minimum absolute atomic E-state index is 0.180. The van der Waals surface area contributed by atoms with Crippen LogP contribution in [0.1, 0.15) is 31.0 Å². The number of aliphatic hydroxyl groups excluding tert-OH is 1. The summed E-state index contributed by atoms with van der Waals surface area (Å²) >= 11 is 12.2. The van der Waals surface area contributed by atoms with E-state index < -0.39 is 24.3 Å². The fourth-order valence-electron chi connectivity index (χ4n) is 3.71. The first-order valence-corrected chi connectivity index (χ1v) is 12.2. The van der Waals surface area contributed by atoms with Crippen LogP contribution >= 0.6 is 23.2 Å². The molecule has 38 heavy (non-hydrogen) atoms. The lowest BCUT2D eigenvalue weighted by molar-refractivity contribution is -0.136.